The largest absolute Gasteiger partial charge is 0.337 e. The van der Waals surface area contributed by atoms with Gasteiger partial charge in [-0.2, -0.15) is 0 Å². The van der Waals surface area contributed by atoms with E-state index < -0.39 is 0 Å². The van der Waals surface area contributed by atoms with Crippen molar-refractivity contribution in [1.29, 1.82) is 0 Å². The number of hydrogen-bond donors (Lipinski definition) is 0. The lowest BCUT2D eigenvalue weighted by Gasteiger charge is -2.25. The molecule has 1 amide bonds. The lowest BCUT2D eigenvalue weighted by atomic mass is 10.2. The molecule has 0 spiro atoms. The van der Waals surface area contributed by atoms with E-state index in [0.29, 0.717) is 6.54 Å². The van der Waals surface area contributed by atoms with Crippen molar-refractivity contribution in [2.45, 2.75) is 25.4 Å². The lowest BCUT2D eigenvalue weighted by Crippen LogP contribution is -2.42. The van der Waals surface area contributed by atoms with Gasteiger partial charge in [0.1, 0.15) is 0 Å². The zero-order valence-corrected chi connectivity index (χ0v) is 10.4. The molecular formula is C11H19N5O. The Bertz CT molecular complexity index is 362. The minimum Gasteiger partial charge on any atom is -0.337 e. The molecule has 0 unspecified atom stereocenters. The second-order valence-electron chi connectivity index (χ2n) is 4.75. The number of hydrogen-bond acceptors (Lipinski definition) is 4. The van der Waals surface area contributed by atoms with E-state index in [0.717, 1.165) is 25.9 Å². The maximum Gasteiger partial charge on any atom is 0.237 e. The molecule has 1 atom stereocenters. The van der Waals surface area contributed by atoms with Gasteiger partial charge < -0.3 is 9.80 Å². The van der Waals surface area contributed by atoms with Gasteiger partial charge in [-0.3, -0.25) is 9.48 Å². The Hall–Kier alpha value is -1.43. The van der Waals surface area contributed by atoms with Crippen molar-refractivity contribution in [2.24, 2.45) is 0 Å². The number of carbonyl (C=O) groups is 1. The summed E-state index contributed by atoms with van der Waals surface area (Å²) in [5.41, 5.74) is 0. The molecule has 1 aromatic rings. The third kappa shape index (κ3) is 3.03. The topological polar surface area (TPSA) is 54.3 Å². The SMILES string of the molecule is CN(C)CC(=O)N1CCC[C@H]1Cn1ccnn1. The standard InChI is InChI=1S/C11H19N5O/c1-14(2)9-11(17)16-6-3-4-10(16)8-15-7-5-12-13-15/h5,7,10H,3-4,6,8-9H2,1-2H3/t10-/m0/s1. The highest BCUT2D eigenvalue weighted by atomic mass is 16.2. The van der Waals surface area contributed by atoms with Crippen molar-refractivity contribution in [3.8, 4) is 0 Å². The van der Waals surface area contributed by atoms with Crippen LogP contribution >= 0.6 is 0 Å². The van der Waals surface area contributed by atoms with Crippen LogP contribution in [0.3, 0.4) is 0 Å². The molecule has 2 heterocycles. The van der Waals surface area contributed by atoms with E-state index in [2.05, 4.69) is 10.3 Å². The van der Waals surface area contributed by atoms with Gasteiger partial charge in [-0.25, -0.2) is 0 Å². The highest BCUT2D eigenvalue weighted by molar-refractivity contribution is 5.78. The first kappa shape index (κ1) is 12.0. The van der Waals surface area contributed by atoms with Crippen LogP contribution in [-0.4, -0.2) is 63.9 Å². The molecule has 0 aliphatic carbocycles. The van der Waals surface area contributed by atoms with Gasteiger partial charge in [0.15, 0.2) is 0 Å². The summed E-state index contributed by atoms with van der Waals surface area (Å²) in [4.78, 5) is 15.9. The summed E-state index contributed by atoms with van der Waals surface area (Å²) in [5, 5.41) is 7.74. The van der Waals surface area contributed by atoms with Crippen LogP contribution in [0.1, 0.15) is 12.8 Å². The molecule has 0 bridgehead atoms. The lowest BCUT2D eigenvalue weighted by molar-refractivity contribution is -0.132. The van der Waals surface area contributed by atoms with Gasteiger partial charge in [0.25, 0.3) is 0 Å². The van der Waals surface area contributed by atoms with Gasteiger partial charge >= 0.3 is 0 Å². The molecule has 1 aliphatic heterocycles. The molecule has 2 rings (SSSR count). The smallest absolute Gasteiger partial charge is 0.237 e. The molecule has 1 aliphatic rings. The Morgan fingerprint density at radius 2 is 2.35 bits per heavy atom. The van der Waals surface area contributed by atoms with Crippen LogP contribution in [-0.2, 0) is 11.3 Å². The Morgan fingerprint density at radius 3 is 3.00 bits per heavy atom. The fourth-order valence-corrected chi connectivity index (χ4v) is 2.26. The van der Waals surface area contributed by atoms with Crippen LogP contribution in [0.2, 0.25) is 0 Å². The molecule has 0 radical (unpaired) electrons. The van der Waals surface area contributed by atoms with Crippen LogP contribution in [0.4, 0.5) is 0 Å². The van der Waals surface area contributed by atoms with E-state index >= 15 is 0 Å². The van der Waals surface area contributed by atoms with Crippen molar-refractivity contribution in [3.05, 3.63) is 12.4 Å². The Labute approximate surface area is 101 Å². The monoisotopic (exact) mass is 237 g/mol. The van der Waals surface area contributed by atoms with Crippen molar-refractivity contribution >= 4 is 5.91 Å². The summed E-state index contributed by atoms with van der Waals surface area (Å²) >= 11 is 0. The Kier molecular flexibility index (Phi) is 3.73. The number of carbonyl (C=O) groups excluding carboxylic acids is 1. The first-order valence-corrected chi connectivity index (χ1v) is 5.95. The number of rotatable bonds is 4. The zero-order valence-electron chi connectivity index (χ0n) is 10.4. The van der Waals surface area contributed by atoms with Crippen LogP contribution in [0.15, 0.2) is 12.4 Å². The van der Waals surface area contributed by atoms with Crippen molar-refractivity contribution < 1.29 is 4.79 Å². The van der Waals surface area contributed by atoms with E-state index in [1.54, 1.807) is 10.9 Å². The minimum atomic E-state index is 0.206. The minimum absolute atomic E-state index is 0.206. The summed E-state index contributed by atoms with van der Waals surface area (Å²) in [6.07, 6.45) is 5.64. The van der Waals surface area contributed by atoms with Crippen LogP contribution in [0, 0.1) is 0 Å². The normalized spacial score (nSPS) is 20.2. The molecule has 0 saturated carbocycles. The average Bonchev–Trinajstić information content (AvgIpc) is 2.88. The van der Waals surface area contributed by atoms with Gasteiger partial charge in [0, 0.05) is 12.7 Å². The molecule has 17 heavy (non-hydrogen) atoms. The Balaban J connectivity index is 1.95. The van der Waals surface area contributed by atoms with Crippen LogP contribution in [0.25, 0.3) is 0 Å². The summed E-state index contributed by atoms with van der Waals surface area (Å²) in [6.45, 7) is 2.10. The number of likely N-dealkylation sites (tertiary alicyclic amines) is 1. The van der Waals surface area contributed by atoms with E-state index in [1.165, 1.54) is 0 Å². The molecule has 1 aromatic heterocycles. The van der Waals surface area contributed by atoms with Crippen LogP contribution < -0.4 is 0 Å². The maximum atomic E-state index is 12.0. The summed E-state index contributed by atoms with van der Waals surface area (Å²) < 4.78 is 1.80. The van der Waals surface area contributed by atoms with E-state index in [-0.39, 0.29) is 11.9 Å². The number of nitrogens with zero attached hydrogens (tertiary/aromatic N) is 5. The first-order chi connectivity index (χ1) is 8.16. The van der Waals surface area contributed by atoms with Crippen molar-refractivity contribution in [2.75, 3.05) is 27.2 Å². The van der Waals surface area contributed by atoms with Gasteiger partial charge in [-0.15, -0.1) is 5.10 Å². The predicted octanol–water partition coefficient (Wildman–Crippen LogP) is -0.169. The van der Waals surface area contributed by atoms with Crippen LogP contribution in [0.5, 0.6) is 0 Å². The molecule has 1 fully saturated rings. The predicted molar refractivity (Wildman–Crippen MR) is 63.3 cm³/mol. The van der Waals surface area contributed by atoms with Crippen molar-refractivity contribution in [1.82, 2.24) is 24.8 Å². The molecule has 1 saturated heterocycles. The summed E-state index contributed by atoms with van der Waals surface area (Å²) in [5.74, 6) is 0.206. The van der Waals surface area contributed by atoms with Crippen molar-refractivity contribution in [3.63, 3.8) is 0 Å². The fraction of sp³-hybridized carbons (Fsp3) is 0.727. The summed E-state index contributed by atoms with van der Waals surface area (Å²) in [7, 11) is 3.83. The Morgan fingerprint density at radius 1 is 1.53 bits per heavy atom. The zero-order chi connectivity index (χ0) is 12.3. The third-order valence-corrected chi connectivity index (χ3v) is 3.02. The molecule has 94 valence electrons. The second kappa shape index (κ2) is 5.27. The molecule has 0 aromatic carbocycles. The van der Waals surface area contributed by atoms with Gasteiger partial charge in [-0.05, 0) is 26.9 Å². The fourth-order valence-electron chi connectivity index (χ4n) is 2.26. The molecule has 0 N–H and O–H groups in total. The van der Waals surface area contributed by atoms with Gasteiger partial charge in [-0.1, -0.05) is 5.21 Å². The quantitative estimate of drug-likeness (QED) is 0.729. The van der Waals surface area contributed by atoms with E-state index in [4.69, 9.17) is 0 Å². The molecule has 6 nitrogen and oxygen atoms in total. The highest BCUT2D eigenvalue weighted by Crippen LogP contribution is 2.18. The van der Waals surface area contributed by atoms with Gasteiger partial charge in [0.05, 0.1) is 25.3 Å². The molecular weight excluding hydrogens is 218 g/mol. The van der Waals surface area contributed by atoms with E-state index in [9.17, 15) is 4.79 Å². The number of aromatic nitrogens is 3. The third-order valence-electron chi connectivity index (χ3n) is 3.02. The maximum absolute atomic E-state index is 12.0. The van der Waals surface area contributed by atoms with E-state index in [1.807, 2.05) is 30.1 Å². The summed E-state index contributed by atoms with van der Waals surface area (Å²) in [6, 6.07) is 0.268. The first-order valence-electron chi connectivity index (χ1n) is 5.95. The number of amides is 1. The molecule has 6 heteroatoms. The highest BCUT2D eigenvalue weighted by Gasteiger charge is 2.28. The average molecular weight is 237 g/mol. The number of likely N-dealkylation sites (N-methyl/N-ethyl adjacent to an activating group) is 1. The second-order valence-corrected chi connectivity index (χ2v) is 4.75. The van der Waals surface area contributed by atoms with Gasteiger partial charge in [0.2, 0.25) is 5.91 Å².